The van der Waals surface area contributed by atoms with Crippen LogP contribution >= 0.6 is 11.3 Å². The van der Waals surface area contributed by atoms with Crippen molar-refractivity contribution in [2.45, 2.75) is 18.2 Å². The van der Waals surface area contributed by atoms with Crippen LogP contribution in [0, 0.1) is 0 Å². The molecule has 7 nitrogen and oxygen atoms in total. The molecule has 0 atom stereocenters. The second kappa shape index (κ2) is 10.1. The van der Waals surface area contributed by atoms with E-state index >= 15 is 0 Å². The van der Waals surface area contributed by atoms with Crippen molar-refractivity contribution < 1.29 is 17.9 Å². The van der Waals surface area contributed by atoms with Gasteiger partial charge < -0.3 is 4.74 Å². The van der Waals surface area contributed by atoms with E-state index in [1.807, 2.05) is 12.1 Å². The molecule has 1 aromatic heterocycles. The Balaban J connectivity index is 1.60. The van der Waals surface area contributed by atoms with Gasteiger partial charge in [0.2, 0.25) is 5.91 Å². The quantitative estimate of drug-likeness (QED) is 0.500. The van der Waals surface area contributed by atoms with Crippen LogP contribution in [0.3, 0.4) is 0 Å². The Morgan fingerprint density at radius 3 is 2.62 bits per heavy atom. The number of morpholine rings is 1. The van der Waals surface area contributed by atoms with Crippen molar-refractivity contribution >= 4 is 42.4 Å². The predicted molar refractivity (Wildman–Crippen MR) is 127 cm³/mol. The number of aromatic nitrogens is 1. The lowest BCUT2D eigenvalue weighted by atomic mass is 10.2. The summed E-state index contributed by atoms with van der Waals surface area (Å²) in [6, 6.07) is 14.2. The van der Waals surface area contributed by atoms with E-state index in [0.29, 0.717) is 31.4 Å². The minimum absolute atomic E-state index is 0.151. The minimum atomic E-state index is -3.74. The maximum Gasteiger partial charge on any atom is 0.244 e. The highest BCUT2D eigenvalue weighted by Gasteiger charge is 2.27. The van der Waals surface area contributed by atoms with Crippen LogP contribution in [-0.2, 0) is 25.8 Å². The van der Waals surface area contributed by atoms with Crippen LogP contribution in [0.4, 0.5) is 5.13 Å². The number of rotatable bonds is 8. The van der Waals surface area contributed by atoms with Crippen LogP contribution < -0.4 is 4.90 Å². The van der Waals surface area contributed by atoms with Gasteiger partial charge in [0, 0.05) is 26.2 Å². The van der Waals surface area contributed by atoms with Crippen LogP contribution in [0.15, 0.2) is 53.4 Å². The highest BCUT2D eigenvalue weighted by Crippen LogP contribution is 2.30. The molecule has 3 aromatic rings. The zero-order chi connectivity index (χ0) is 22.6. The first-order chi connectivity index (χ1) is 15.5. The highest BCUT2D eigenvalue weighted by atomic mass is 32.2. The van der Waals surface area contributed by atoms with E-state index in [2.05, 4.69) is 22.9 Å². The average molecular weight is 474 g/mol. The van der Waals surface area contributed by atoms with Crippen molar-refractivity contribution in [2.75, 3.05) is 50.0 Å². The molecular formula is C23H27N3O4S2. The Hall–Kier alpha value is -2.33. The third-order valence-corrected chi connectivity index (χ3v) is 8.20. The van der Waals surface area contributed by atoms with E-state index in [1.165, 1.54) is 33.9 Å². The number of thiazole rings is 1. The van der Waals surface area contributed by atoms with Gasteiger partial charge in [0.1, 0.15) is 5.75 Å². The third kappa shape index (κ3) is 5.35. The van der Waals surface area contributed by atoms with Crippen LogP contribution in [0.5, 0.6) is 0 Å². The van der Waals surface area contributed by atoms with Crippen LogP contribution in [-0.4, -0.2) is 69.4 Å². The second-order valence-corrected chi connectivity index (χ2v) is 10.7. The maximum atomic E-state index is 13.3. The minimum Gasteiger partial charge on any atom is -0.379 e. The summed E-state index contributed by atoms with van der Waals surface area (Å²) in [6.45, 7) is 6.03. The molecule has 0 spiro atoms. The van der Waals surface area contributed by atoms with Gasteiger partial charge in [-0.3, -0.25) is 14.6 Å². The SMILES string of the molecule is CCc1ccc2nc(N(CCN3CCOCC3)C(=O)CS(=O)(=O)c3ccccc3)sc2c1. The van der Waals surface area contributed by atoms with Gasteiger partial charge in [-0.05, 0) is 36.2 Å². The zero-order valence-corrected chi connectivity index (χ0v) is 19.7. The first kappa shape index (κ1) is 22.8. The lowest BCUT2D eigenvalue weighted by Gasteiger charge is -2.29. The number of ether oxygens (including phenoxy) is 1. The molecule has 170 valence electrons. The van der Waals surface area contributed by atoms with Gasteiger partial charge in [-0.25, -0.2) is 13.4 Å². The van der Waals surface area contributed by atoms with Crippen molar-refractivity contribution in [3.8, 4) is 0 Å². The molecule has 2 heterocycles. The first-order valence-electron chi connectivity index (χ1n) is 10.7. The zero-order valence-electron chi connectivity index (χ0n) is 18.1. The van der Waals surface area contributed by atoms with Gasteiger partial charge in [0.05, 0.1) is 28.3 Å². The number of carbonyl (C=O) groups excluding carboxylic acids is 1. The predicted octanol–water partition coefficient (Wildman–Crippen LogP) is 3.00. The van der Waals surface area contributed by atoms with E-state index in [1.54, 1.807) is 18.2 Å². The molecule has 32 heavy (non-hydrogen) atoms. The molecule has 9 heteroatoms. The number of sulfone groups is 1. The number of fused-ring (bicyclic) bond motifs is 1. The molecular weight excluding hydrogens is 446 g/mol. The molecule has 1 aliphatic heterocycles. The van der Waals surface area contributed by atoms with Crippen LogP contribution in [0.2, 0.25) is 0 Å². The molecule has 0 saturated carbocycles. The number of hydrogen-bond donors (Lipinski definition) is 0. The summed E-state index contributed by atoms with van der Waals surface area (Å²) in [5, 5.41) is 0.537. The van der Waals surface area contributed by atoms with Crippen LogP contribution in [0.25, 0.3) is 10.2 Å². The molecule has 0 N–H and O–H groups in total. The number of hydrogen-bond acceptors (Lipinski definition) is 7. The molecule has 0 aliphatic carbocycles. The summed E-state index contributed by atoms with van der Waals surface area (Å²) in [5.74, 6) is -1.05. The van der Waals surface area contributed by atoms with E-state index < -0.39 is 21.5 Å². The van der Waals surface area contributed by atoms with Gasteiger partial charge in [-0.1, -0.05) is 42.5 Å². The molecule has 1 amide bonds. The van der Waals surface area contributed by atoms with Crippen molar-refractivity contribution in [3.63, 3.8) is 0 Å². The van der Waals surface area contributed by atoms with E-state index in [9.17, 15) is 13.2 Å². The van der Waals surface area contributed by atoms with Crippen molar-refractivity contribution in [1.82, 2.24) is 9.88 Å². The number of carbonyl (C=O) groups is 1. The molecule has 0 unspecified atom stereocenters. The standard InChI is InChI=1S/C23H27N3O4S2/c1-2-18-8-9-20-21(16-18)31-23(24-20)26(11-10-25-12-14-30-15-13-25)22(27)17-32(28,29)19-6-4-3-5-7-19/h3-9,16H,2,10-15,17H2,1H3. The molecule has 4 rings (SSSR count). The van der Waals surface area contributed by atoms with E-state index in [-0.39, 0.29) is 4.90 Å². The summed E-state index contributed by atoms with van der Waals surface area (Å²) in [7, 11) is -3.74. The topological polar surface area (TPSA) is 79.8 Å². The normalized spacial score (nSPS) is 15.2. The number of nitrogens with zero attached hydrogens (tertiary/aromatic N) is 3. The summed E-state index contributed by atoms with van der Waals surface area (Å²) >= 11 is 1.43. The van der Waals surface area contributed by atoms with E-state index in [4.69, 9.17) is 4.74 Å². The van der Waals surface area contributed by atoms with Crippen molar-refractivity contribution in [3.05, 3.63) is 54.1 Å². The summed E-state index contributed by atoms with van der Waals surface area (Å²) < 4.78 is 32.1. The second-order valence-electron chi connectivity index (χ2n) is 7.72. The lowest BCUT2D eigenvalue weighted by Crippen LogP contribution is -2.44. The molecule has 0 radical (unpaired) electrons. The van der Waals surface area contributed by atoms with Crippen LogP contribution in [0.1, 0.15) is 12.5 Å². The maximum absolute atomic E-state index is 13.3. The van der Waals surface area contributed by atoms with Gasteiger partial charge in [-0.15, -0.1) is 0 Å². The molecule has 2 aromatic carbocycles. The number of aryl methyl sites for hydroxylation is 1. The highest BCUT2D eigenvalue weighted by molar-refractivity contribution is 7.92. The monoisotopic (exact) mass is 473 g/mol. The average Bonchev–Trinajstić information content (AvgIpc) is 3.23. The van der Waals surface area contributed by atoms with Gasteiger partial charge >= 0.3 is 0 Å². The Labute approximate surface area is 192 Å². The summed E-state index contributed by atoms with van der Waals surface area (Å²) in [5.41, 5.74) is 2.02. The third-order valence-electron chi connectivity index (χ3n) is 5.54. The Bertz CT molecular complexity index is 1170. The molecule has 1 fully saturated rings. The number of amides is 1. The fourth-order valence-electron chi connectivity index (χ4n) is 3.64. The van der Waals surface area contributed by atoms with Gasteiger partial charge in [0.25, 0.3) is 0 Å². The summed E-state index contributed by atoms with van der Waals surface area (Å²) in [6.07, 6.45) is 0.915. The lowest BCUT2D eigenvalue weighted by molar-refractivity contribution is -0.116. The van der Waals surface area contributed by atoms with Crippen molar-refractivity contribution in [1.29, 1.82) is 0 Å². The Kier molecular flexibility index (Phi) is 7.20. The van der Waals surface area contributed by atoms with Gasteiger partial charge in [-0.2, -0.15) is 0 Å². The number of anilines is 1. The first-order valence-corrected chi connectivity index (χ1v) is 13.2. The van der Waals surface area contributed by atoms with E-state index in [0.717, 1.165) is 29.7 Å². The summed E-state index contributed by atoms with van der Waals surface area (Å²) in [4.78, 5) is 21.8. The molecule has 1 aliphatic rings. The fraction of sp³-hybridized carbons (Fsp3) is 0.391. The molecule has 1 saturated heterocycles. The smallest absolute Gasteiger partial charge is 0.244 e. The Morgan fingerprint density at radius 1 is 1.16 bits per heavy atom. The van der Waals surface area contributed by atoms with Crippen molar-refractivity contribution in [2.24, 2.45) is 0 Å². The molecule has 0 bridgehead atoms. The Morgan fingerprint density at radius 2 is 1.91 bits per heavy atom. The fourth-order valence-corrected chi connectivity index (χ4v) is 5.93. The number of benzene rings is 2. The largest absolute Gasteiger partial charge is 0.379 e. The van der Waals surface area contributed by atoms with Gasteiger partial charge in [0.15, 0.2) is 15.0 Å².